The van der Waals surface area contributed by atoms with E-state index in [0.717, 1.165) is 6.42 Å². The Bertz CT molecular complexity index is 138. The molecule has 1 aliphatic heterocycles. The first-order valence-electron chi connectivity index (χ1n) is 3.57. The summed E-state index contributed by atoms with van der Waals surface area (Å²) in [6, 6.07) is 0.166. The lowest BCUT2D eigenvalue weighted by molar-refractivity contribution is -0.215. The Hall–Kier alpha value is 0.400. The minimum absolute atomic E-state index is 0.166. The molecule has 0 saturated carbocycles. The van der Waals surface area contributed by atoms with Gasteiger partial charge in [0.25, 0.3) is 0 Å². The summed E-state index contributed by atoms with van der Waals surface area (Å²) in [6.45, 7) is 5.92. The monoisotopic (exact) mass is 206 g/mol. The fourth-order valence-corrected chi connectivity index (χ4v) is 2.13. The van der Waals surface area contributed by atoms with E-state index in [9.17, 15) is 5.21 Å². The normalized spacial score (nSPS) is 40.5. The van der Waals surface area contributed by atoms with Gasteiger partial charge in [-0.15, -0.1) is 10.3 Å². The molecule has 10 heavy (non-hydrogen) atoms. The molecule has 0 N–H and O–H groups in total. The van der Waals surface area contributed by atoms with Crippen LogP contribution in [0, 0.1) is 0 Å². The van der Waals surface area contributed by atoms with Crippen molar-refractivity contribution in [2.24, 2.45) is 0 Å². The van der Waals surface area contributed by atoms with E-state index in [4.69, 9.17) is 0 Å². The van der Waals surface area contributed by atoms with Crippen LogP contribution in [0.15, 0.2) is 0 Å². The van der Waals surface area contributed by atoms with Gasteiger partial charge in [0.1, 0.15) is 0 Å². The van der Waals surface area contributed by atoms with Gasteiger partial charge in [-0.2, -0.15) is 0 Å². The van der Waals surface area contributed by atoms with Crippen LogP contribution in [-0.2, 0) is 5.21 Å². The van der Waals surface area contributed by atoms with Crippen molar-refractivity contribution in [2.75, 3.05) is 0 Å². The maximum absolute atomic E-state index is 11.3. The minimum Gasteiger partial charge on any atom is -0.146 e. The molecule has 1 saturated heterocycles. The standard InChI is InChI=1S/C7H13BrNO/c1-5-4-6(8)7(2,3)9(5)10/h5-6H,4H2,1-3H3. The highest BCUT2D eigenvalue weighted by Gasteiger charge is 2.44. The quantitative estimate of drug-likeness (QED) is 0.557. The van der Waals surface area contributed by atoms with Crippen LogP contribution in [0.25, 0.3) is 0 Å². The third kappa shape index (κ3) is 1.11. The first-order valence-corrected chi connectivity index (χ1v) is 4.48. The Morgan fingerprint density at radius 2 is 2.10 bits per heavy atom. The van der Waals surface area contributed by atoms with E-state index in [-0.39, 0.29) is 11.6 Å². The van der Waals surface area contributed by atoms with E-state index in [1.807, 2.05) is 20.8 Å². The Morgan fingerprint density at radius 1 is 1.60 bits per heavy atom. The van der Waals surface area contributed by atoms with Crippen molar-refractivity contribution in [1.29, 1.82) is 0 Å². The van der Waals surface area contributed by atoms with Gasteiger partial charge in [0, 0.05) is 10.9 Å². The maximum Gasteiger partial charge on any atom is 0.0565 e. The van der Waals surface area contributed by atoms with Crippen LogP contribution >= 0.6 is 15.9 Å². The Kier molecular flexibility index (Phi) is 2.10. The number of nitrogens with zero attached hydrogens (tertiary/aromatic N) is 1. The number of hydrogen-bond donors (Lipinski definition) is 0. The van der Waals surface area contributed by atoms with Crippen molar-refractivity contribution in [1.82, 2.24) is 5.06 Å². The molecule has 2 nitrogen and oxygen atoms in total. The summed E-state index contributed by atoms with van der Waals surface area (Å²) in [5.41, 5.74) is -0.223. The molecule has 0 aromatic heterocycles. The Balaban J connectivity index is 2.75. The van der Waals surface area contributed by atoms with Gasteiger partial charge in [-0.1, -0.05) is 15.9 Å². The first kappa shape index (κ1) is 8.50. The summed E-state index contributed by atoms with van der Waals surface area (Å²) in [6.07, 6.45) is 0.955. The summed E-state index contributed by atoms with van der Waals surface area (Å²) < 4.78 is 0. The van der Waals surface area contributed by atoms with Crippen molar-refractivity contribution in [3.05, 3.63) is 0 Å². The molecule has 0 bridgehead atoms. The molecule has 1 aliphatic rings. The van der Waals surface area contributed by atoms with E-state index in [0.29, 0.717) is 4.83 Å². The summed E-state index contributed by atoms with van der Waals surface area (Å²) in [5.74, 6) is 0. The maximum atomic E-state index is 11.3. The van der Waals surface area contributed by atoms with Crippen LogP contribution in [0.3, 0.4) is 0 Å². The predicted octanol–water partition coefficient (Wildman–Crippen LogP) is 1.97. The van der Waals surface area contributed by atoms with Crippen molar-refractivity contribution < 1.29 is 5.21 Å². The Labute approximate surface area is 70.3 Å². The highest BCUT2D eigenvalue weighted by atomic mass is 79.9. The highest BCUT2D eigenvalue weighted by molar-refractivity contribution is 9.09. The molecule has 1 heterocycles. The van der Waals surface area contributed by atoms with Crippen LogP contribution in [-0.4, -0.2) is 21.5 Å². The van der Waals surface area contributed by atoms with Crippen LogP contribution in [0.1, 0.15) is 27.2 Å². The van der Waals surface area contributed by atoms with Gasteiger partial charge < -0.3 is 0 Å². The van der Waals surface area contributed by atoms with Gasteiger partial charge in [-0.05, 0) is 27.2 Å². The second kappa shape index (κ2) is 2.47. The lowest BCUT2D eigenvalue weighted by Gasteiger charge is -2.27. The van der Waals surface area contributed by atoms with Gasteiger partial charge in [-0.3, -0.25) is 0 Å². The number of alkyl halides is 1. The van der Waals surface area contributed by atoms with Crippen molar-refractivity contribution in [2.45, 2.75) is 43.6 Å². The zero-order valence-electron chi connectivity index (χ0n) is 6.60. The smallest absolute Gasteiger partial charge is 0.0565 e. The van der Waals surface area contributed by atoms with Crippen LogP contribution in [0.2, 0.25) is 0 Å². The molecule has 0 amide bonds. The molecule has 2 atom stereocenters. The molecule has 0 spiro atoms. The number of rotatable bonds is 0. The van der Waals surface area contributed by atoms with Crippen molar-refractivity contribution >= 4 is 15.9 Å². The van der Waals surface area contributed by atoms with Gasteiger partial charge in [0.05, 0.1) is 5.54 Å². The van der Waals surface area contributed by atoms with Crippen molar-refractivity contribution in [3.8, 4) is 0 Å². The van der Waals surface area contributed by atoms with Gasteiger partial charge in [-0.25, -0.2) is 0 Å². The molecular formula is C7H13BrNO. The van der Waals surface area contributed by atoms with Gasteiger partial charge in [0.15, 0.2) is 0 Å². The van der Waals surface area contributed by atoms with Crippen LogP contribution < -0.4 is 0 Å². The first-order chi connectivity index (χ1) is 4.46. The zero-order valence-corrected chi connectivity index (χ0v) is 8.18. The van der Waals surface area contributed by atoms with E-state index in [1.54, 1.807) is 0 Å². The number of hydrogen-bond acceptors (Lipinski definition) is 1. The Morgan fingerprint density at radius 3 is 2.20 bits per heavy atom. The zero-order chi connectivity index (χ0) is 7.94. The second-order valence-electron chi connectivity index (χ2n) is 3.53. The number of halogens is 1. The summed E-state index contributed by atoms with van der Waals surface area (Å²) in [7, 11) is 0. The highest BCUT2D eigenvalue weighted by Crippen LogP contribution is 2.36. The molecule has 1 radical (unpaired) electrons. The van der Waals surface area contributed by atoms with E-state index >= 15 is 0 Å². The van der Waals surface area contributed by atoms with Gasteiger partial charge >= 0.3 is 0 Å². The molecule has 59 valence electrons. The lowest BCUT2D eigenvalue weighted by atomic mass is 10.0. The average Bonchev–Trinajstić information content (AvgIpc) is 1.97. The van der Waals surface area contributed by atoms with Crippen LogP contribution in [0.5, 0.6) is 0 Å². The van der Waals surface area contributed by atoms with E-state index in [1.165, 1.54) is 5.06 Å². The minimum atomic E-state index is -0.223. The molecule has 3 heteroatoms. The molecule has 2 unspecified atom stereocenters. The fourth-order valence-electron chi connectivity index (χ4n) is 1.39. The topological polar surface area (TPSA) is 23.1 Å². The van der Waals surface area contributed by atoms with Gasteiger partial charge in [0.2, 0.25) is 0 Å². The molecular weight excluding hydrogens is 194 g/mol. The van der Waals surface area contributed by atoms with E-state index < -0.39 is 0 Å². The fraction of sp³-hybridized carbons (Fsp3) is 1.00. The molecule has 0 aromatic rings. The second-order valence-corrected chi connectivity index (χ2v) is 4.64. The van der Waals surface area contributed by atoms with Crippen LogP contribution in [0.4, 0.5) is 0 Å². The largest absolute Gasteiger partial charge is 0.146 e. The molecule has 1 rings (SSSR count). The summed E-state index contributed by atoms with van der Waals surface area (Å²) in [5, 5.41) is 12.5. The third-order valence-corrected chi connectivity index (χ3v) is 3.78. The molecule has 0 aromatic carbocycles. The SMILES string of the molecule is CC1CC(Br)C(C)(C)N1[O]. The van der Waals surface area contributed by atoms with E-state index in [2.05, 4.69) is 15.9 Å². The average molecular weight is 207 g/mol. The van der Waals surface area contributed by atoms with Crippen molar-refractivity contribution in [3.63, 3.8) is 0 Å². The predicted molar refractivity (Wildman–Crippen MR) is 43.4 cm³/mol. The molecule has 1 fully saturated rings. The molecule has 0 aliphatic carbocycles. The number of hydroxylamine groups is 2. The third-order valence-electron chi connectivity index (χ3n) is 2.28. The summed E-state index contributed by atoms with van der Waals surface area (Å²) in [4.78, 5) is 0.340. The lowest BCUT2D eigenvalue weighted by Crippen LogP contribution is -2.41. The summed E-state index contributed by atoms with van der Waals surface area (Å²) >= 11 is 3.50.